The number of hydrogen-bond acceptors (Lipinski definition) is 6. The van der Waals surface area contributed by atoms with Crippen molar-refractivity contribution in [2.75, 3.05) is 40.2 Å². The van der Waals surface area contributed by atoms with Crippen LogP contribution in [0.2, 0.25) is 6.04 Å². The van der Waals surface area contributed by atoms with E-state index >= 15 is 0 Å². The van der Waals surface area contributed by atoms with E-state index in [2.05, 4.69) is 5.32 Å². The zero-order chi connectivity index (χ0) is 14.1. The topological polar surface area (TPSA) is 99.9 Å². The van der Waals surface area contributed by atoms with Crippen LogP contribution >= 0.6 is 0 Å². The summed E-state index contributed by atoms with van der Waals surface area (Å²) in [4.78, 5) is 0. The maximum Gasteiger partial charge on any atom is 0.500 e. The van der Waals surface area contributed by atoms with Crippen LogP contribution in [-0.2, 0) is 23.3 Å². The maximum absolute atomic E-state index is 10.7. The lowest BCUT2D eigenvalue weighted by molar-refractivity contribution is 0.123. The molecule has 0 aliphatic rings. The Bertz CT molecular complexity index is 300. The molecule has 0 amide bonds. The van der Waals surface area contributed by atoms with Gasteiger partial charge in [0.2, 0.25) is 10.0 Å². The summed E-state index contributed by atoms with van der Waals surface area (Å²) < 4.78 is 37.2. The number of nitrogens with one attached hydrogen (secondary N) is 1. The lowest BCUT2D eigenvalue weighted by atomic mass is 10.4. The van der Waals surface area contributed by atoms with Crippen LogP contribution < -0.4 is 10.5 Å². The highest BCUT2D eigenvalue weighted by atomic mass is 32.2. The molecule has 0 aliphatic carbocycles. The van der Waals surface area contributed by atoms with Crippen LogP contribution in [0, 0.1) is 0 Å². The maximum atomic E-state index is 10.7. The quantitative estimate of drug-likeness (QED) is 0.395. The standard InChI is InChI=1S/C9H24N2O5SSi/c1-14-18(15-2,16-3)9-5-7-11-6-4-8-17(10,12)13/h11H,4-9H2,1-3H3,(H2,10,12,13). The first-order valence-corrected chi connectivity index (χ1v) is 9.40. The largest absolute Gasteiger partial charge is 0.500 e. The average Bonchev–Trinajstić information content (AvgIpc) is 2.32. The molecule has 18 heavy (non-hydrogen) atoms. The lowest BCUT2D eigenvalue weighted by Crippen LogP contribution is -2.43. The summed E-state index contributed by atoms with van der Waals surface area (Å²) in [5.74, 6) is 0.00685. The Labute approximate surface area is 110 Å². The van der Waals surface area contributed by atoms with Gasteiger partial charge in [0.1, 0.15) is 0 Å². The summed E-state index contributed by atoms with van der Waals surface area (Å²) in [6.07, 6.45) is 1.36. The predicted molar refractivity (Wildman–Crippen MR) is 71.7 cm³/mol. The highest BCUT2D eigenvalue weighted by Gasteiger charge is 2.36. The van der Waals surface area contributed by atoms with Gasteiger partial charge in [0.25, 0.3) is 0 Å². The van der Waals surface area contributed by atoms with Crippen molar-refractivity contribution < 1.29 is 21.7 Å². The van der Waals surface area contributed by atoms with E-state index in [0.29, 0.717) is 13.0 Å². The molecule has 0 unspecified atom stereocenters. The van der Waals surface area contributed by atoms with Gasteiger partial charge in [-0.15, -0.1) is 0 Å². The Morgan fingerprint density at radius 3 is 2.00 bits per heavy atom. The molecule has 0 fully saturated rings. The molecule has 0 heterocycles. The second kappa shape index (κ2) is 8.96. The fraction of sp³-hybridized carbons (Fsp3) is 1.00. The summed E-state index contributed by atoms with van der Waals surface area (Å²) in [7, 11) is -1.07. The van der Waals surface area contributed by atoms with Crippen LogP contribution in [0.5, 0.6) is 0 Å². The van der Waals surface area contributed by atoms with Crippen LogP contribution in [0.4, 0.5) is 0 Å². The van der Waals surface area contributed by atoms with Crippen LogP contribution in [0.3, 0.4) is 0 Å². The van der Waals surface area contributed by atoms with E-state index in [4.69, 9.17) is 18.4 Å². The number of nitrogens with two attached hydrogens (primary N) is 1. The van der Waals surface area contributed by atoms with Crippen molar-refractivity contribution in [3.05, 3.63) is 0 Å². The molecule has 7 nitrogen and oxygen atoms in total. The van der Waals surface area contributed by atoms with Crippen LogP contribution in [-0.4, -0.2) is 57.4 Å². The monoisotopic (exact) mass is 300 g/mol. The minimum atomic E-state index is -3.35. The first-order valence-electron chi connectivity index (χ1n) is 5.76. The third-order valence-electron chi connectivity index (χ3n) is 2.55. The van der Waals surface area contributed by atoms with Crippen molar-refractivity contribution in [2.24, 2.45) is 5.14 Å². The third-order valence-corrected chi connectivity index (χ3v) is 6.24. The van der Waals surface area contributed by atoms with Gasteiger partial charge in [-0.25, -0.2) is 13.6 Å². The van der Waals surface area contributed by atoms with E-state index in [1.54, 1.807) is 21.3 Å². The molecule has 110 valence electrons. The number of rotatable bonds is 11. The van der Waals surface area contributed by atoms with Gasteiger partial charge in [-0.1, -0.05) is 0 Å². The van der Waals surface area contributed by atoms with E-state index in [9.17, 15) is 8.42 Å². The Morgan fingerprint density at radius 2 is 1.56 bits per heavy atom. The van der Waals surface area contributed by atoms with Crippen molar-refractivity contribution in [2.45, 2.75) is 18.9 Å². The Hall–Kier alpha value is -0.0331. The fourth-order valence-electron chi connectivity index (χ4n) is 1.51. The molecule has 0 aromatic rings. The first kappa shape index (κ1) is 18.0. The van der Waals surface area contributed by atoms with Crippen molar-refractivity contribution in [1.82, 2.24) is 5.32 Å². The average molecular weight is 300 g/mol. The Morgan fingerprint density at radius 1 is 1.06 bits per heavy atom. The van der Waals surface area contributed by atoms with Gasteiger partial charge in [-0.05, 0) is 25.9 Å². The molecule has 0 rings (SSSR count). The van der Waals surface area contributed by atoms with Gasteiger partial charge in [-0.2, -0.15) is 0 Å². The van der Waals surface area contributed by atoms with Crippen LogP contribution in [0.15, 0.2) is 0 Å². The van der Waals surface area contributed by atoms with Gasteiger partial charge in [0, 0.05) is 27.4 Å². The van der Waals surface area contributed by atoms with Crippen molar-refractivity contribution >= 4 is 18.8 Å². The lowest BCUT2D eigenvalue weighted by Gasteiger charge is -2.24. The number of sulfonamides is 1. The zero-order valence-corrected chi connectivity index (χ0v) is 13.1. The molecule has 0 saturated heterocycles. The minimum absolute atomic E-state index is 0.00685. The fourth-order valence-corrected chi connectivity index (χ4v) is 3.78. The third kappa shape index (κ3) is 8.14. The predicted octanol–water partition coefficient (Wildman–Crippen LogP) is -0.477. The summed E-state index contributed by atoms with van der Waals surface area (Å²) in [5.41, 5.74) is 0. The second-order valence-electron chi connectivity index (χ2n) is 3.87. The zero-order valence-electron chi connectivity index (χ0n) is 11.3. The van der Waals surface area contributed by atoms with E-state index in [0.717, 1.165) is 19.0 Å². The second-order valence-corrected chi connectivity index (χ2v) is 8.69. The first-order chi connectivity index (χ1) is 8.39. The van der Waals surface area contributed by atoms with E-state index in [-0.39, 0.29) is 5.75 Å². The summed E-state index contributed by atoms with van der Waals surface area (Å²) in [5, 5.41) is 8.03. The number of hydrogen-bond donors (Lipinski definition) is 2. The van der Waals surface area contributed by atoms with Gasteiger partial charge < -0.3 is 18.6 Å². The highest BCUT2D eigenvalue weighted by molar-refractivity contribution is 7.89. The highest BCUT2D eigenvalue weighted by Crippen LogP contribution is 2.14. The molecule has 0 aliphatic heterocycles. The summed E-state index contributed by atoms with van der Waals surface area (Å²) >= 11 is 0. The molecular formula is C9H24N2O5SSi. The summed E-state index contributed by atoms with van der Waals surface area (Å²) in [6, 6.07) is 0.721. The molecule has 3 N–H and O–H groups in total. The Balaban J connectivity index is 3.62. The normalized spacial score (nSPS) is 12.9. The van der Waals surface area contributed by atoms with Gasteiger partial charge in [-0.3, -0.25) is 0 Å². The van der Waals surface area contributed by atoms with Crippen molar-refractivity contribution in [1.29, 1.82) is 0 Å². The summed E-state index contributed by atoms with van der Waals surface area (Å²) in [6.45, 7) is 1.38. The molecule has 0 atom stereocenters. The molecular weight excluding hydrogens is 276 g/mol. The van der Waals surface area contributed by atoms with E-state index in [1.165, 1.54) is 0 Å². The SMILES string of the molecule is CO[Si](CCCNCCCS(N)(=O)=O)(OC)OC. The van der Waals surface area contributed by atoms with E-state index in [1.807, 2.05) is 0 Å². The smallest absolute Gasteiger partial charge is 0.377 e. The molecule has 9 heteroatoms. The van der Waals surface area contributed by atoms with Crippen molar-refractivity contribution in [3.63, 3.8) is 0 Å². The molecule has 0 radical (unpaired) electrons. The minimum Gasteiger partial charge on any atom is -0.377 e. The molecule has 0 bridgehead atoms. The van der Waals surface area contributed by atoms with Crippen LogP contribution in [0.1, 0.15) is 12.8 Å². The van der Waals surface area contributed by atoms with Gasteiger partial charge in [0.05, 0.1) is 5.75 Å². The number of primary sulfonamides is 1. The van der Waals surface area contributed by atoms with E-state index < -0.39 is 18.8 Å². The van der Waals surface area contributed by atoms with Gasteiger partial charge in [0.15, 0.2) is 0 Å². The molecule has 0 aromatic carbocycles. The van der Waals surface area contributed by atoms with Crippen molar-refractivity contribution in [3.8, 4) is 0 Å². The molecule has 0 saturated carbocycles. The molecule has 0 spiro atoms. The van der Waals surface area contributed by atoms with Gasteiger partial charge >= 0.3 is 8.80 Å². The molecule has 0 aromatic heterocycles. The Kier molecular flexibility index (Phi) is 8.95. The van der Waals surface area contributed by atoms with Crippen LogP contribution in [0.25, 0.3) is 0 Å².